The van der Waals surface area contributed by atoms with Crippen molar-refractivity contribution in [3.05, 3.63) is 0 Å². The highest BCUT2D eigenvalue weighted by molar-refractivity contribution is 7.80. The standard InChI is InChI=1S/C10H20S/c1-4-8(2)10(3)6-5-9(11)7-10/h8-9,11H,4-7H2,1-3H3. The monoisotopic (exact) mass is 172 g/mol. The Morgan fingerprint density at radius 1 is 1.64 bits per heavy atom. The van der Waals surface area contributed by atoms with E-state index in [-0.39, 0.29) is 0 Å². The van der Waals surface area contributed by atoms with E-state index in [2.05, 4.69) is 33.4 Å². The van der Waals surface area contributed by atoms with E-state index < -0.39 is 0 Å². The van der Waals surface area contributed by atoms with Gasteiger partial charge in [0.2, 0.25) is 0 Å². The van der Waals surface area contributed by atoms with E-state index in [0.717, 1.165) is 5.92 Å². The zero-order valence-corrected chi connectivity index (χ0v) is 8.82. The van der Waals surface area contributed by atoms with Crippen LogP contribution < -0.4 is 0 Å². The van der Waals surface area contributed by atoms with E-state index in [9.17, 15) is 0 Å². The number of rotatable bonds is 2. The highest BCUT2D eigenvalue weighted by Gasteiger charge is 2.36. The summed E-state index contributed by atoms with van der Waals surface area (Å²) in [5, 5.41) is 0.675. The first-order valence-corrected chi connectivity index (χ1v) is 5.28. The number of hydrogen-bond donors (Lipinski definition) is 1. The number of thiol groups is 1. The molecule has 11 heavy (non-hydrogen) atoms. The summed E-state index contributed by atoms with van der Waals surface area (Å²) in [5.74, 6) is 0.875. The zero-order chi connectivity index (χ0) is 8.48. The predicted molar refractivity (Wildman–Crippen MR) is 54.2 cm³/mol. The lowest BCUT2D eigenvalue weighted by atomic mass is 9.75. The first-order chi connectivity index (χ1) is 5.08. The van der Waals surface area contributed by atoms with Gasteiger partial charge in [-0.15, -0.1) is 0 Å². The molecule has 1 aliphatic carbocycles. The molecule has 0 amide bonds. The van der Waals surface area contributed by atoms with Crippen molar-refractivity contribution in [2.24, 2.45) is 11.3 Å². The van der Waals surface area contributed by atoms with Crippen LogP contribution in [0, 0.1) is 11.3 Å². The smallest absolute Gasteiger partial charge is 0.00222 e. The van der Waals surface area contributed by atoms with E-state index in [4.69, 9.17) is 0 Å². The second kappa shape index (κ2) is 3.38. The van der Waals surface area contributed by atoms with Crippen LogP contribution in [0.3, 0.4) is 0 Å². The Hall–Kier alpha value is 0.350. The summed E-state index contributed by atoms with van der Waals surface area (Å²) in [4.78, 5) is 0. The van der Waals surface area contributed by atoms with Crippen LogP contribution in [0.25, 0.3) is 0 Å². The largest absolute Gasteiger partial charge is 0.176 e. The van der Waals surface area contributed by atoms with Gasteiger partial charge in [-0.25, -0.2) is 0 Å². The Kier molecular flexibility index (Phi) is 2.90. The summed E-state index contributed by atoms with van der Waals surface area (Å²) in [5.41, 5.74) is 0.598. The Labute approximate surface area is 76.2 Å². The molecule has 66 valence electrons. The average Bonchev–Trinajstić information content (AvgIpc) is 2.31. The molecule has 0 heterocycles. The van der Waals surface area contributed by atoms with Gasteiger partial charge >= 0.3 is 0 Å². The van der Waals surface area contributed by atoms with Crippen molar-refractivity contribution in [1.29, 1.82) is 0 Å². The van der Waals surface area contributed by atoms with Gasteiger partial charge in [0.25, 0.3) is 0 Å². The lowest BCUT2D eigenvalue weighted by molar-refractivity contribution is 0.205. The van der Waals surface area contributed by atoms with Gasteiger partial charge in [0.15, 0.2) is 0 Å². The third-order valence-electron chi connectivity index (χ3n) is 3.55. The minimum atomic E-state index is 0.598. The molecule has 0 N–H and O–H groups in total. The molecule has 0 nitrogen and oxygen atoms in total. The molecule has 0 spiro atoms. The van der Waals surface area contributed by atoms with Gasteiger partial charge in [0.05, 0.1) is 0 Å². The minimum absolute atomic E-state index is 0.598. The van der Waals surface area contributed by atoms with Crippen LogP contribution in [0.2, 0.25) is 0 Å². The fraction of sp³-hybridized carbons (Fsp3) is 1.00. The second-order valence-electron chi connectivity index (χ2n) is 4.36. The molecule has 1 rings (SSSR count). The summed E-state index contributed by atoms with van der Waals surface area (Å²) in [6.45, 7) is 7.10. The van der Waals surface area contributed by atoms with Crippen molar-refractivity contribution in [3.8, 4) is 0 Å². The molecule has 0 aromatic carbocycles. The molecular formula is C10H20S. The van der Waals surface area contributed by atoms with Crippen LogP contribution in [-0.4, -0.2) is 5.25 Å². The van der Waals surface area contributed by atoms with Crippen molar-refractivity contribution in [1.82, 2.24) is 0 Å². The summed E-state index contributed by atoms with van der Waals surface area (Å²) in [6.07, 6.45) is 5.35. The van der Waals surface area contributed by atoms with Gasteiger partial charge < -0.3 is 0 Å². The summed E-state index contributed by atoms with van der Waals surface area (Å²) >= 11 is 4.54. The van der Waals surface area contributed by atoms with Gasteiger partial charge in [-0.05, 0) is 30.6 Å². The summed E-state index contributed by atoms with van der Waals surface area (Å²) in [7, 11) is 0. The van der Waals surface area contributed by atoms with E-state index in [1.807, 2.05) is 0 Å². The average molecular weight is 172 g/mol. The molecule has 3 unspecified atom stereocenters. The molecule has 0 aromatic heterocycles. The van der Waals surface area contributed by atoms with Crippen molar-refractivity contribution in [2.75, 3.05) is 0 Å². The molecule has 0 saturated heterocycles. The first kappa shape index (κ1) is 9.44. The molecule has 1 fully saturated rings. The zero-order valence-electron chi connectivity index (χ0n) is 7.93. The predicted octanol–water partition coefficient (Wildman–Crippen LogP) is 3.52. The molecule has 0 aromatic rings. The van der Waals surface area contributed by atoms with Gasteiger partial charge in [0.1, 0.15) is 0 Å². The topological polar surface area (TPSA) is 0 Å². The number of hydrogen-bond acceptors (Lipinski definition) is 1. The van der Waals surface area contributed by atoms with E-state index in [0.29, 0.717) is 10.7 Å². The maximum Gasteiger partial charge on any atom is 0.00222 e. The maximum absolute atomic E-state index is 4.54. The second-order valence-corrected chi connectivity index (χ2v) is 5.09. The fourth-order valence-electron chi connectivity index (χ4n) is 2.18. The van der Waals surface area contributed by atoms with Gasteiger partial charge in [-0.2, -0.15) is 12.6 Å². The Morgan fingerprint density at radius 3 is 2.64 bits per heavy atom. The van der Waals surface area contributed by atoms with Crippen molar-refractivity contribution >= 4 is 12.6 Å². The molecule has 3 atom stereocenters. The van der Waals surface area contributed by atoms with E-state index >= 15 is 0 Å². The van der Waals surface area contributed by atoms with Crippen LogP contribution in [0.4, 0.5) is 0 Å². The summed E-state index contributed by atoms with van der Waals surface area (Å²) in [6, 6.07) is 0. The van der Waals surface area contributed by atoms with Crippen molar-refractivity contribution in [3.63, 3.8) is 0 Å². The molecule has 0 radical (unpaired) electrons. The highest BCUT2D eigenvalue weighted by atomic mass is 32.1. The van der Waals surface area contributed by atoms with E-state index in [1.54, 1.807) is 0 Å². The third-order valence-corrected chi connectivity index (χ3v) is 3.99. The Balaban J connectivity index is 2.54. The van der Waals surface area contributed by atoms with Gasteiger partial charge in [-0.1, -0.05) is 27.2 Å². The Morgan fingerprint density at radius 2 is 2.27 bits per heavy atom. The molecule has 0 aliphatic heterocycles. The van der Waals surface area contributed by atoms with Crippen LogP contribution in [0.1, 0.15) is 46.5 Å². The third kappa shape index (κ3) is 1.93. The van der Waals surface area contributed by atoms with E-state index in [1.165, 1.54) is 25.7 Å². The Bertz CT molecular complexity index is 133. The lowest BCUT2D eigenvalue weighted by Crippen LogP contribution is -2.21. The molecule has 1 aliphatic rings. The first-order valence-electron chi connectivity index (χ1n) is 4.76. The highest BCUT2D eigenvalue weighted by Crippen LogP contribution is 2.46. The van der Waals surface area contributed by atoms with Crippen LogP contribution >= 0.6 is 12.6 Å². The SMILES string of the molecule is CCC(C)C1(C)CCC(S)C1. The lowest BCUT2D eigenvalue weighted by Gasteiger charge is -2.30. The van der Waals surface area contributed by atoms with Crippen molar-refractivity contribution in [2.45, 2.75) is 51.7 Å². The fourth-order valence-corrected chi connectivity index (χ4v) is 2.73. The quantitative estimate of drug-likeness (QED) is 0.605. The maximum atomic E-state index is 4.54. The van der Waals surface area contributed by atoms with Gasteiger partial charge in [0, 0.05) is 5.25 Å². The van der Waals surface area contributed by atoms with Crippen LogP contribution in [-0.2, 0) is 0 Å². The minimum Gasteiger partial charge on any atom is -0.176 e. The van der Waals surface area contributed by atoms with Crippen LogP contribution in [0.15, 0.2) is 0 Å². The molecule has 0 bridgehead atoms. The van der Waals surface area contributed by atoms with Crippen molar-refractivity contribution < 1.29 is 0 Å². The van der Waals surface area contributed by atoms with Crippen LogP contribution in [0.5, 0.6) is 0 Å². The molecule has 1 saturated carbocycles. The normalized spacial score (nSPS) is 40.9. The summed E-state index contributed by atoms with van der Waals surface area (Å²) < 4.78 is 0. The molecular weight excluding hydrogens is 152 g/mol. The van der Waals surface area contributed by atoms with Gasteiger partial charge in [-0.3, -0.25) is 0 Å². The molecule has 1 heteroatoms.